The van der Waals surface area contributed by atoms with Gasteiger partial charge in [0.25, 0.3) is 5.56 Å². The molecule has 0 N–H and O–H groups in total. The minimum atomic E-state index is 0.0987. The van der Waals surface area contributed by atoms with Crippen LogP contribution in [0.15, 0.2) is 11.0 Å². The fraction of sp³-hybridized carbons (Fsp3) is 0.692. The number of aromatic nitrogens is 2. The molecule has 0 aromatic carbocycles. The van der Waals surface area contributed by atoms with E-state index in [0.29, 0.717) is 9.61 Å². The lowest BCUT2D eigenvalue weighted by molar-refractivity contribution is 0.170. The van der Waals surface area contributed by atoms with Gasteiger partial charge in [-0.2, -0.15) is 0 Å². The highest BCUT2D eigenvalue weighted by atomic mass is 127. The Morgan fingerprint density at radius 1 is 1.50 bits per heavy atom. The first-order valence-corrected chi connectivity index (χ1v) is 7.59. The third kappa shape index (κ3) is 3.12. The molecule has 1 aromatic heterocycles. The fourth-order valence-electron chi connectivity index (χ4n) is 2.60. The van der Waals surface area contributed by atoms with Crippen LogP contribution in [-0.4, -0.2) is 34.1 Å². The third-order valence-corrected chi connectivity index (χ3v) is 4.55. The van der Waals surface area contributed by atoms with Gasteiger partial charge in [0.15, 0.2) is 0 Å². The number of nitrogens with zero attached hydrogens (tertiary/aromatic N) is 3. The lowest BCUT2D eigenvalue weighted by atomic mass is 10.0. The van der Waals surface area contributed by atoms with Crippen molar-refractivity contribution in [2.24, 2.45) is 0 Å². The molecule has 1 atom stereocenters. The second-order valence-electron chi connectivity index (χ2n) is 5.03. The van der Waals surface area contributed by atoms with E-state index in [9.17, 15) is 4.79 Å². The van der Waals surface area contributed by atoms with Crippen molar-refractivity contribution in [3.63, 3.8) is 0 Å². The van der Waals surface area contributed by atoms with Gasteiger partial charge in [0.1, 0.15) is 5.82 Å². The molecule has 0 bridgehead atoms. The summed E-state index contributed by atoms with van der Waals surface area (Å²) < 4.78 is 2.51. The summed E-state index contributed by atoms with van der Waals surface area (Å²) in [6, 6.07) is 0.614. The molecule has 1 fully saturated rings. The normalized spacial score (nSPS) is 21.2. The first-order valence-electron chi connectivity index (χ1n) is 6.52. The van der Waals surface area contributed by atoms with Crippen LogP contribution in [0.4, 0.5) is 0 Å². The summed E-state index contributed by atoms with van der Waals surface area (Å²) in [5, 5.41) is 0. The van der Waals surface area contributed by atoms with Crippen molar-refractivity contribution in [2.45, 2.75) is 45.2 Å². The lowest BCUT2D eigenvalue weighted by Crippen LogP contribution is -2.38. The molecule has 2 heterocycles. The van der Waals surface area contributed by atoms with Crippen LogP contribution in [0.3, 0.4) is 0 Å². The lowest BCUT2D eigenvalue weighted by Gasteiger charge is -2.32. The van der Waals surface area contributed by atoms with E-state index >= 15 is 0 Å². The third-order valence-electron chi connectivity index (χ3n) is 3.81. The van der Waals surface area contributed by atoms with Gasteiger partial charge in [-0.3, -0.25) is 9.36 Å². The predicted octanol–water partition coefficient (Wildman–Crippen LogP) is 2.03. The van der Waals surface area contributed by atoms with Crippen LogP contribution in [0.1, 0.15) is 31.5 Å². The number of piperidine rings is 1. The van der Waals surface area contributed by atoms with Crippen LogP contribution in [0, 0.1) is 10.5 Å². The highest BCUT2D eigenvalue weighted by Crippen LogP contribution is 2.18. The Balaban J connectivity index is 2.06. The molecule has 0 amide bonds. The summed E-state index contributed by atoms with van der Waals surface area (Å²) in [6.45, 7) is 3.87. The van der Waals surface area contributed by atoms with Gasteiger partial charge in [-0.25, -0.2) is 4.98 Å². The summed E-state index contributed by atoms with van der Waals surface area (Å²) >= 11 is 2.06. The SMILES string of the molecule is Cc1ncc(I)c(=O)n1CCC1CCCCN1C. The van der Waals surface area contributed by atoms with E-state index in [1.54, 1.807) is 6.20 Å². The number of aryl methyl sites for hydroxylation is 1. The van der Waals surface area contributed by atoms with Crippen molar-refractivity contribution in [3.05, 3.63) is 25.9 Å². The van der Waals surface area contributed by atoms with Gasteiger partial charge in [-0.15, -0.1) is 0 Å². The van der Waals surface area contributed by atoms with Gasteiger partial charge < -0.3 is 4.90 Å². The minimum Gasteiger partial charge on any atom is -0.303 e. The summed E-state index contributed by atoms with van der Waals surface area (Å²) in [4.78, 5) is 18.7. The first-order chi connectivity index (χ1) is 8.59. The van der Waals surface area contributed by atoms with Crippen molar-refractivity contribution < 1.29 is 0 Å². The van der Waals surface area contributed by atoms with Crippen molar-refractivity contribution >= 4 is 22.6 Å². The van der Waals surface area contributed by atoms with Crippen molar-refractivity contribution in [1.82, 2.24) is 14.5 Å². The van der Waals surface area contributed by atoms with Crippen LogP contribution in [0.25, 0.3) is 0 Å². The average Bonchev–Trinajstić information content (AvgIpc) is 2.36. The maximum atomic E-state index is 12.0. The molecule has 1 aromatic rings. The molecule has 1 aliphatic heterocycles. The molecule has 0 aliphatic carbocycles. The molecule has 0 radical (unpaired) electrons. The van der Waals surface area contributed by atoms with E-state index in [4.69, 9.17) is 0 Å². The Bertz CT molecular complexity index is 472. The molecule has 18 heavy (non-hydrogen) atoms. The Morgan fingerprint density at radius 3 is 3.00 bits per heavy atom. The predicted molar refractivity (Wildman–Crippen MR) is 80.8 cm³/mol. The standard InChI is InChI=1S/C13H20IN3O/c1-10-15-9-12(14)13(18)17(10)8-6-11-5-3-4-7-16(11)2/h9,11H,3-8H2,1-2H3. The second kappa shape index (κ2) is 6.14. The topological polar surface area (TPSA) is 38.1 Å². The van der Waals surface area contributed by atoms with Crippen LogP contribution < -0.4 is 5.56 Å². The number of hydrogen-bond donors (Lipinski definition) is 0. The zero-order valence-electron chi connectivity index (χ0n) is 11.0. The summed E-state index contributed by atoms with van der Waals surface area (Å²) in [5.41, 5.74) is 0.0987. The number of hydrogen-bond acceptors (Lipinski definition) is 3. The molecule has 1 saturated heterocycles. The summed E-state index contributed by atoms with van der Waals surface area (Å²) in [5.74, 6) is 0.818. The molecular formula is C13H20IN3O. The Kier molecular flexibility index (Phi) is 4.77. The largest absolute Gasteiger partial charge is 0.303 e. The van der Waals surface area contributed by atoms with Crippen molar-refractivity contribution in [3.8, 4) is 0 Å². The molecule has 4 nitrogen and oxygen atoms in total. The molecule has 0 saturated carbocycles. The Labute approximate surface area is 122 Å². The van der Waals surface area contributed by atoms with Gasteiger partial charge in [-0.05, 0) is 62.4 Å². The molecule has 0 spiro atoms. The van der Waals surface area contributed by atoms with E-state index in [2.05, 4.69) is 39.5 Å². The Hall–Kier alpha value is -0.430. The van der Waals surface area contributed by atoms with Gasteiger partial charge in [0.05, 0.1) is 3.57 Å². The second-order valence-corrected chi connectivity index (χ2v) is 6.19. The van der Waals surface area contributed by atoms with E-state index in [-0.39, 0.29) is 5.56 Å². The number of rotatable bonds is 3. The average molecular weight is 361 g/mol. The van der Waals surface area contributed by atoms with Crippen LogP contribution in [0.5, 0.6) is 0 Å². The number of halogens is 1. The maximum absolute atomic E-state index is 12.0. The van der Waals surface area contributed by atoms with E-state index in [0.717, 1.165) is 18.8 Å². The van der Waals surface area contributed by atoms with Crippen molar-refractivity contribution in [1.29, 1.82) is 0 Å². The van der Waals surface area contributed by atoms with E-state index in [1.165, 1.54) is 25.8 Å². The smallest absolute Gasteiger partial charge is 0.266 e. The van der Waals surface area contributed by atoms with E-state index in [1.807, 2.05) is 11.5 Å². The summed E-state index contributed by atoms with van der Waals surface area (Å²) in [7, 11) is 2.19. The van der Waals surface area contributed by atoms with Gasteiger partial charge >= 0.3 is 0 Å². The van der Waals surface area contributed by atoms with Crippen LogP contribution in [0.2, 0.25) is 0 Å². The molecule has 1 unspecified atom stereocenters. The van der Waals surface area contributed by atoms with Gasteiger partial charge in [-0.1, -0.05) is 6.42 Å². The minimum absolute atomic E-state index is 0.0987. The zero-order chi connectivity index (χ0) is 13.1. The zero-order valence-corrected chi connectivity index (χ0v) is 13.2. The van der Waals surface area contributed by atoms with Gasteiger partial charge in [0, 0.05) is 18.8 Å². The highest BCUT2D eigenvalue weighted by Gasteiger charge is 2.19. The molecule has 1 aliphatic rings. The first kappa shape index (κ1) is 14.0. The van der Waals surface area contributed by atoms with Crippen LogP contribution in [-0.2, 0) is 6.54 Å². The monoisotopic (exact) mass is 361 g/mol. The van der Waals surface area contributed by atoms with Gasteiger partial charge in [0.2, 0.25) is 0 Å². The summed E-state index contributed by atoms with van der Waals surface area (Å²) in [6.07, 6.45) is 6.56. The fourth-order valence-corrected chi connectivity index (χ4v) is 3.03. The molecule has 5 heteroatoms. The van der Waals surface area contributed by atoms with Crippen LogP contribution >= 0.6 is 22.6 Å². The molecule has 2 rings (SSSR count). The van der Waals surface area contributed by atoms with Crippen molar-refractivity contribution in [2.75, 3.05) is 13.6 Å². The Morgan fingerprint density at radius 2 is 2.28 bits per heavy atom. The maximum Gasteiger partial charge on any atom is 0.266 e. The highest BCUT2D eigenvalue weighted by molar-refractivity contribution is 14.1. The van der Waals surface area contributed by atoms with E-state index < -0.39 is 0 Å². The molecular weight excluding hydrogens is 341 g/mol. The quantitative estimate of drug-likeness (QED) is 0.774. The number of likely N-dealkylation sites (tertiary alicyclic amines) is 1. The molecule has 100 valence electrons.